The molecule has 2 N–H and O–H groups in total. The minimum atomic E-state index is -0.560. The molecule has 2 heterocycles. The van der Waals surface area contributed by atoms with Crippen LogP contribution in [0, 0.1) is 11.3 Å². The first-order valence-electron chi connectivity index (χ1n) is 10.2. The number of hydrogen-bond acceptors (Lipinski definition) is 5. The molecule has 0 unspecified atom stereocenters. The number of nitrogens with zero attached hydrogens (tertiary/aromatic N) is 3. The molecule has 0 aliphatic carbocycles. The summed E-state index contributed by atoms with van der Waals surface area (Å²) in [5.41, 5.74) is 3.50. The van der Waals surface area contributed by atoms with Gasteiger partial charge in [0, 0.05) is 23.0 Å². The van der Waals surface area contributed by atoms with Crippen LogP contribution in [-0.2, 0) is 4.74 Å². The van der Waals surface area contributed by atoms with Gasteiger partial charge in [0.2, 0.25) is 0 Å². The van der Waals surface area contributed by atoms with Gasteiger partial charge in [-0.2, -0.15) is 5.26 Å². The highest BCUT2D eigenvalue weighted by Gasteiger charge is 2.16. The molecule has 0 bridgehead atoms. The Bertz CT molecular complexity index is 1290. The minimum absolute atomic E-state index is 0.513. The van der Waals surface area contributed by atoms with Crippen molar-refractivity contribution < 1.29 is 9.53 Å². The second kappa shape index (κ2) is 8.44. The highest BCUT2D eigenvalue weighted by atomic mass is 16.6. The van der Waals surface area contributed by atoms with Gasteiger partial charge in [-0.05, 0) is 81.4 Å². The van der Waals surface area contributed by atoms with Crippen molar-refractivity contribution in [2.24, 2.45) is 0 Å². The lowest BCUT2D eigenvalue weighted by Crippen LogP contribution is -2.27. The number of nitriles is 1. The monoisotopic (exact) mass is 425 g/mol. The van der Waals surface area contributed by atoms with Gasteiger partial charge in [-0.15, -0.1) is 0 Å². The first kappa shape index (κ1) is 20.9. The van der Waals surface area contributed by atoms with E-state index in [9.17, 15) is 4.79 Å². The molecular formula is C25H23N5O2. The molecule has 1 amide bonds. The number of benzene rings is 2. The Morgan fingerprint density at radius 3 is 2.38 bits per heavy atom. The largest absolute Gasteiger partial charge is 0.444 e. The molecule has 0 aliphatic heterocycles. The van der Waals surface area contributed by atoms with Gasteiger partial charge in [-0.25, -0.2) is 9.78 Å². The summed E-state index contributed by atoms with van der Waals surface area (Å²) in [6.45, 7) is 5.45. The molecule has 160 valence electrons. The van der Waals surface area contributed by atoms with Crippen LogP contribution >= 0.6 is 0 Å². The number of anilines is 3. The Kier molecular flexibility index (Phi) is 5.52. The summed E-state index contributed by atoms with van der Waals surface area (Å²) in [5, 5.41) is 16.0. The van der Waals surface area contributed by atoms with E-state index < -0.39 is 11.7 Å². The summed E-state index contributed by atoms with van der Waals surface area (Å²) in [5.74, 6) is 0.738. The maximum Gasteiger partial charge on any atom is 0.412 e. The number of rotatable bonds is 4. The average Bonchev–Trinajstić information content (AvgIpc) is 3.17. The Morgan fingerprint density at radius 2 is 1.72 bits per heavy atom. The third-order valence-corrected chi connectivity index (χ3v) is 4.63. The van der Waals surface area contributed by atoms with Crippen LogP contribution in [-0.4, -0.2) is 21.2 Å². The summed E-state index contributed by atoms with van der Waals surface area (Å²) < 4.78 is 7.25. The van der Waals surface area contributed by atoms with Gasteiger partial charge in [0.05, 0.1) is 29.0 Å². The van der Waals surface area contributed by atoms with Crippen LogP contribution in [0.15, 0.2) is 73.1 Å². The minimum Gasteiger partial charge on any atom is -0.444 e. The number of pyridine rings is 1. The van der Waals surface area contributed by atoms with Gasteiger partial charge in [-0.3, -0.25) is 5.32 Å². The zero-order valence-corrected chi connectivity index (χ0v) is 18.1. The van der Waals surface area contributed by atoms with E-state index in [1.165, 1.54) is 0 Å². The van der Waals surface area contributed by atoms with E-state index in [1.54, 1.807) is 24.4 Å². The molecule has 2 aromatic carbocycles. The molecule has 4 aromatic rings. The van der Waals surface area contributed by atoms with E-state index in [0.29, 0.717) is 11.3 Å². The van der Waals surface area contributed by atoms with Gasteiger partial charge in [0.1, 0.15) is 11.4 Å². The Labute approximate surface area is 186 Å². The average molecular weight is 425 g/mol. The fraction of sp³-hybridized carbons (Fsp3) is 0.160. The van der Waals surface area contributed by atoms with Crippen LogP contribution in [0.1, 0.15) is 26.3 Å². The number of carbonyl (C=O) groups excluding carboxylic acids is 1. The van der Waals surface area contributed by atoms with Crippen molar-refractivity contribution in [3.63, 3.8) is 0 Å². The Balaban J connectivity index is 1.50. The van der Waals surface area contributed by atoms with Crippen molar-refractivity contribution in [3.05, 3.63) is 78.6 Å². The predicted molar refractivity (Wildman–Crippen MR) is 125 cm³/mol. The number of aromatic nitrogens is 2. The van der Waals surface area contributed by atoms with Gasteiger partial charge in [0.25, 0.3) is 0 Å². The van der Waals surface area contributed by atoms with Crippen LogP contribution in [0.25, 0.3) is 16.7 Å². The number of nitrogens with one attached hydrogen (secondary N) is 2. The SMILES string of the molecule is CC(C)(C)OC(=O)Nc1ccc(-n2ccc3cc(Nc4ccc(C#N)cc4)ccc32)nc1. The zero-order chi connectivity index (χ0) is 22.7. The smallest absolute Gasteiger partial charge is 0.412 e. The van der Waals surface area contributed by atoms with E-state index in [2.05, 4.69) is 27.8 Å². The van der Waals surface area contributed by atoms with Crippen molar-refractivity contribution in [1.29, 1.82) is 5.26 Å². The molecule has 0 spiro atoms. The molecule has 4 rings (SSSR count). The van der Waals surface area contributed by atoms with E-state index in [-0.39, 0.29) is 0 Å². The lowest BCUT2D eigenvalue weighted by Gasteiger charge is -2.19. The molecule has 0 aliphatic rings. The normalized spacial score (nSPS) is 11.1. The highest BCUT2D eigenvalue weighted by Crippen LogP contribution is 2.25. The molecule has 2 aromatic heterocycles. The molecule has 7 nitrogen and oxygen atoms in total. The first-order valence-corrected chi connectivity index (χ1v) is 10.2. The summed E-state index contributed by atoms with van der Waals surface area (Å²) in [6, 6.07) is 21.2. The van der Waals surface area contributed by atoms with Crippen molar-refractivity contribution in [1.82, 2.24) is 9.55 Å². The van der Waals surface area contributed by atoms with Crippen LogP contribution in [0.3, 0.4) is 0 Å². The van der Waals surface area contributed by atoms with Gasteiger partial charge in [0.15, 0.2) is 0 Å². The summed E-state index contributed by atoms with van der Waals surface area (Å²) >= 11 is 0. The van der Waals surface area contributed by atoms with Crippen LogP contribution < -0.4 is 10.6 Å². The van der Waals surface area contributed by atoms with Crippen LogP contribution in [0.2, 0.25) is 0 Å². The molecular weight excluding hydrogens is 402 g/mol. The van der Waals surface area contributed by atoms with E-state index >= 15 is 0 Å². The van der Waals surface area contributed by atoms with Gasteiger partial charge in [-0.1, -0.05) is 0 Å². The van der Waals surface area contributed by atoms with Gasteiger partial charge < -0.3 is 14.6 Å². The Hall–Kier alpha value is -4.31. The number of carbonyl (C=O) groups is 1. The second-order valence-corrected chi connectivity index (χ2v) is 8.31. The summed E-state index contributed by atoms with van der Waals surface area (Å²) in [6.07, 6.45) is 3.05. The standard InChI is InChI=1S/C25H23N5O2/c1-25(2,3)32-24(31)29-21-9-11-23(27-16-21)30-13-12-18-14-20(8-10-22(18)30)28-19-6-4-17(15-26)5-7-19/h4-14,16,28H,1-3H3,(H,29,31). The molecule has 0 fully saturated rings. The highest BCUT2D eigenvalue weighted by molar-refractivity contribution is 5.86. The maximum atomic E-state index is 11.9. The van der Waals surface area contributed by atoms with Crippen molar-refractivity contribution in [2.45, 2.75) is 26.4 Å². The molecule has 0 radical (unpaired) electrons. The van der Waals surface area contributed by atoms with E-state index in [1.807, 2.05) is 67.9 Å². The predicted octanol–water partition coefficient (Wildman–Crippen LogP) is 5.99. The molecule has 7 heteroatoms. The Morgan fingerprint density at radius 1 is 1.00 bits per heavy atom. The fourth-order valence-corrected chi connectivity index (χ4v) is 3.24. The number of fused-ring (bicyclic) bond motifs is 1. The second-order valence-electron chi connectivity index (χ2n) is 8.31. The first-order chi connectivity index (χ1) is 15.3. The number of ether oxygens (including phenoxy) is 1. The fourth-order valence-electron chi connectivity index (χ4n) is 3.24. The van der Waals surface area contributed by atoms with Crippen LogP contribution in [0.5, 0.6) is 0 Å². The molecule has 0 saturated heterocycles. The molecule has 0 atom stereocenters. The number of hydrogen-bond donors (Lipinski definition) is 2. The van der Waals surface area contributed by atoms with Crippen LogP contribution in [0.4, 0.5) is 21.9 Å². The topological polar surface area (TPSA) is 92.0 Å². The number of amides is 1. The molecule has 0 saturated carbocycles. The zero-order valence-electron chi connectivity index (χ0n) is 18.1. The van der Waals surface area contributed by atoms with Crippen molar-refractivity contribution in [2.75, 3.05) is 10.6 Å². The van der Waals surface area contributed by atoms with E-state index in [0.717, 1.165) is 28.1 Å². The molecule has 32 heavy (non-hydrogen) atoms. The summed E-state index contributed by atoms with van der Waals surface area (Å²) in [4.78, 5) is 16.4. The van der Waals surface area contributed by atoms with Crippen molar-refractivity contribution >= 4 is 34.1 Å². The lowest BCUT2D eigenvalue weighted by molar-refractivity contribution is 0.0636. The van der Waals surface area contributed by atoms with E-state index in [4.69, 9.17) is 10.00 Å². The van der Waals surface area contributed by atoms with Crippen molar-refractivity contribution in [3.8, 4) is 11.9 Å². The third kappa shape index (κ3) is 4.87. The lowest BCUT2D eigenvalue weighted by atomic mass is 10.2. The maximum absolute atomic E-state index is 11.9. The quantitative estimate of drug-likeness (QED) is 0.419. The summed E-state index contributed by atoms with van der Waals surface area (Å²) in [7, 11) is 0. The third-order valence-electron chi connectivity index (χ3n) is 4.63. The van der Waals surface area contributed by atoms with Gasteiger partial charge >= 0.3 is 6.09 Å².